The van der Waals surface area contributed by atoms with Gasteiger partial charge < -0.3 is 25.2 Å². The Morgan fingerprint density at radius 2 is 2.04 bits per heavy atom. The van der Waals surface area contributed by atoms with E-state index >= 15 is 0 Å². The number of hydrogen-bond acceptors (Lipinski definition) is 4. The molecule has 0 saturated heterocycles. The molecule has 0 fully saturated rings. The van der Waals surface area contributed by atoms with Crippen LogP contribution in [0.25, 0.3) is 0 Å². The Hall–Kier alpha value is -2.34. The lowest BCUT2D eigenvalue weighted by molar-refractivity contribution is -0.118. The van der Waals surface area contributed by atoms with E-state index in [0.29, 0.717) is 22.7 Å². The van der Waals surface area contributed by atoms with Crippen molar-refractivity contribution in [2.75, 3.05) is 17.2 Å². The molecule has 0 spiro atoms. The zero-order chi connectivity index (χ0) is 17.3. The Labute approximate surface area is 138 Å². The highest BCUT2D eigenvalue weighted by Crippen LogP contribution is 2.52. The van der Waals surface area contributed by atoms with Gasteiger partial charge in [-0.05, 0) is 30.7 Å². The largest absolute Gasteiger partial charge is 0.482 e. The van der Waals surface area contributed by atoms with Crippen molar-refractivity contribution >= 4 is 24.9 Å². The molecule has 1 atom stereocenters. The van der Waals surface area contributed by atoms with Crippen LogP contribution in [0.3, 0.4) is 0 Å². The van der Waals surface area contributed by atoms with Crippen LogP contribution in [0.15, 0.2) is 42.5 Å². The van der Waals surface area contributed by atoms with Crippen LogP contribution in [0.1, 0.15) is 16.9 Å². The maximum atomic E-state index is 11.9. The number of hydrogen-bond donors (Lipinski definition) is 4. The number of carbonyl (C=O) groups excluding carboxylic acids is 1. The van der Waals surface area contributed by atoms with Crippen LogP contribution in [0.4, 0.5) is 11.4 Å². The molecular weight excluding hydrogens is 331 g/mol. The van der Waals surface area contributed by atoms with E-state index in [1.807, 2.05) is 13.0 Å². The van der Waals surface area contributed by atoms with E-state index in [1.165, 1.54) is 0 Å². The van der Waals surface area contributed by atoms with E-state index in [0.717, 1.165) is 5.56 Å². The van der Waals surface area contributed by atoms with Crippen LogP contribution >= 0.6 is 7.60 Å². The molecule has 0 bridgehead atoms. The lowest BCUT2D eigenvalue weighted by Crippen LogP contribution is -2.25. The molecule has 0 radical (unpaired) electrons. The Balaban J connectivity index is 1.92. The van der Waals surface area contributed by atoms with Crippen molar-refractivity contribution in [2.24, 2.45) is 0 Å². The second kappa shape index (κ2) is 6.28. The van der Waals surface area contributed by atoms with E-state index < -0.39 is 13.4 Å². The first-order chi connectivity index (χ1) is 11.3. The first-order valence-electron chi connectivity index (χ1n) is 7.28. The fourth-order valence-corrected chi connectivity index (χ4v) is 3.40. The van der Waals surface area contributed by atoms with Gasteiger partial charge in [0.25, 0.3) is 5.91 Å². The zero-order valence-electron chi connectivity index (χ0n) is 12.9. The van der Waals surface area contributed by atoms with Gasteiger partial charge in [-0.3, -0.25) is 9.36 Å². The predicted octanol–water partition coefficient (Wildman–Crippen LogP) is 2.61. The molecule has 8 heteroatoms. The molecule has 0 saturated carbocycles. The number of carbonyl (C=O) groups is 1. The van der Waals surface area contributed by atoms with Gasteiger partial charge in [-0.2, -0.15) is 0 Å². The lowest BCUT2D eigenvalue weighted by Gasteiger charge is -2.23. The summed E-state index contributed by atoms with van der Waals surface area (Å²) in [4.78, 5) is 30.8. The number of nitrogens with one attached hydrogen (secondary N) is 2. The van der Waals surface area contributed by atoms with Gasteiger partial charge in [0, 0.05) is 5.69 Å². The summed E-state index contributed by atoms with van der Waals surface area (Å²) in [7, 11) is -4.45. The second-order valence-corrected chi connectivity index (χ2v) is 7.29. The maximum absolute atomic E-state index is 11.9. The summed E-state index contributed by atoms with van der Waals surface area (Å²) in [5.41, 5.74) is 2.32. The molecule has 1 amide bonds. The number of benzene rings is 2. The van der Waals surface area contributed by atoms with Crippen molar-refractivity contribution < 1.29 is 23.9 Å². The molecule has 1 aliphatic rings. The molecule has 7 nitrogen and oxygen atoms in total. The summed E-state index contributed by atoms with van der Waals surface area (Å²) in [6, 6.07) is 11.9. The standard InChI is InChI=1S/C16H17N2O5P/c1-10-3-2-4-11(7-10)16(24(20,21)22)17-12-5-6-14-13(8-12)18-15(19)9-23-14/h2-8,16-17H,9H2,1H3,(H,18,19)(H2,20,21,22)/t16-/m0/s1. The molecule has 0 aromatic heterocycles. The molecule has 3 rings (SSSR count). The zero-order valence-corrected chi connectivity index (χ0v) is 13.8. The molecular formula is C16H17N2O5P. The third kappa shape index (κ3) is 3.59. The molecule has 4 N–H and O–H groups in total. The van der Waals surface area contributed by atoms with Crippen molar-refractivity contribution in [1.82, 2.24) is 0 Å². The minimum Gasteiger partial charge on any atom is -0.482 e. The number of rotatable bonds is 4. The normalized spacial score (nSPS) is 15.0. The van der Waals surface area contributed by atoms with Gasteiger partial charge in [0.15, 0.2) is 12.4 Å². The number of fused-ring (bicyclic) bond motifs is 1. The minimum atomic E-state index is -4.45. The first kappa shape index (κ1) is 16.5. The van der Waals surface area contributed by atoms with Crippen LogP contribution in [0.5, 0.6) is 5.75 Å². The summed E-state index contributed by atoms with van der Waals surface area (Å²) in [5.74, 6) is -0.941. The molecule has 2 aromatic carbocycles. The Kier molecular flexibility index (Phi) is 4.32. The average Bonchev–Trinajstić information content (AvgIpc) is 2.51. The number of amides is 1. The highest BCUT2D eigenvalue weighted by Gasteiger charge is 2.31. The summed E-state index contributed by atoms with van der Waals surface area (Å²) in [5, 5.41) is 5.52. The fourth-order valence-electron chi connectivity index (χ4n) is 2.53. The van der Waals surface area contributed by atoms with Crippen molar-refractivity contribution in [3.63, 3.8) is 0 Å². The van der Waals surface area contributed by atoms with Crippen molar-refractivity contribution in [3.05, 3.63) is 53.6 Å². The summed E-state index contributed by atoms with van der Waals surface area (Å²) < 4.78 is 17.2. The fraction of sp³-hybridized carbons (Fsp3) is 0.188. The molecule has 0 aliphatic carbocycles. The molecule has 2 aromatic rings. The number of ether oxygens (including phenoxy) is 1. The van der Waals surface area contributed by atoms with Crippen LogP contribution in [0, 0.1) is 6.92 Å². The molecule has 0 unspecified atom stereocenters. The van der Waals surface area contributed by atoms with Gasteiger partial charge in [0.2, 0.25) is 0 Å². The van der Waals surface area contributed by atoms with Gasteiger partial charge in [0.05, 0.1) is 5.69 Å². The third-order valence-electron chi connectivity index (χ3n) is 3.61. The summed E-state index contributed by atoms with van der Waals surface area (Å²) in [6.07, 6.45) is 0. The summed E-state index contributed by atoms with van der Waals surface area (Å²) >= 11 is 0. The van der Waals surface area contributed by atoms with Crippen LogP contribution in [-0.4, -0.2) is 22.3 Å². The van der Waals surface area contributed by atoms with Crippen molar-refractivity contribution in [2.45, 2.75) is 12.7 Å². The first-order valence-corrected chi connectivity index (χ1v) is 8.96. The molecule has 24 heavy (non-hydrogen) atoms. The van der Waals surface area contributed by atoms with E-state index in [2.05, 4.69) is 10.6 Å². The van der Waals surface area contributed by atoms with E-state index in [4.69, 9.17) is 4.74 Å². The highest BCUT2D eigenvalue weighted by atomic mass is 31.2. The van der Waals surface area contributed by atoms with Gasteiger partial charge >= 0.3 is 7.60 Å². The average molecular weight is 348 g/mol. The van der Waals surface area contributed by atoms with Crippen LogP contribution in [0.2, 0.25) is 0 Å². The number of anilines is 2. The number of aryl methyl sites for hydroxylation is 1. The molecule has 126 valence electrons. The maximum Gasteiger partial charge on any atom is 0.352 e. The Morgan fingerprint density at radius 1 is 1.25 bits per heavy atom. The van der Waals surface area contributed by atoms with Crippen molar-refractivity contribution in [3.8, 4) is 5.75 Å². The highest BCUT2D eigenvalue weighted by molar-refractivity contribution is 7.52. The third-order valence-corrected chi connectivity index (χ3v) is 4.71. The topological polar surface area (TPSA) is 108 Å². The summed E-state index contributed by atoms with van der Waals surface area (Å²) in [6.45, 7) is 1.81. The van der Waals surface area contributed by atoms with Crippen LogP contribution < -0.4 is 15.4 Å². The SMILES string of the molecule is Cc1cccc([C@@H](Nc2ccc3c(c2)NC(=O)CO3)P(=O)(O)O)c1. The predicted molar refractivity (Wildman–Crippen MR) is 90.2 cm³/mol. The Bertz CT molecular complexity index is 833. The van der Waals surface area contributed by atoms with E-state index in [1.54, 1.807) is 36.4 Å². The van der Waals surface area contributed by atoms with Crippen LogP contribution in [-0.2, 0) is 9.36 Å². The minimum absolute atomic E-state index is 0.0474. The van der Waals surface area contributed by atoms with E-state index in [-0.39, 0.29) is 12.5 Å². The van der Waals surface area contributed by atoms with Gasteiger partial charge in [-0.25, -0.2) is 0 Å². The van der Waals surface area contributed by atoms with Crippen molar-refractivity contribution in [1.29, 1.82) is 0 Å². The van der Waals surface area contributed by atoms with Gasteiger partial charge in [-0.15, -0.1) is 0 Å². The molecule has 1 aliphatic heterocycles. The molecule has 1 heterocycles. The van der Waals surface area contributed by atoms with Gasteiger partial charge in [-0.1, -0.05) is 29.8 Å². The van der Waals surface area contributed by atoms with E-state index in [9.17, 15) is 19.1 Å². The lowest BCUT2D eigenvalue weighted by atomic mass is 10.1. The smallest absolute Gasteiger partial charge is 0.352 e. The second-order valence-electron chi connectivity index (χ2n) is 5.60. The van der Waals surface area contributed by atoms with Gasteiger partial charge in [0.1, 0.15) is 5.75 Å². The monoisotopic (exact) mass is 348 g/mol. The quantitative estimate of drug-likeness (QED) is 0.633. The Morgan fingerprint density at radius 3 is 2.75 bits per heavy atom.